The zero-order valence-electron chi connectivity index (χ0n) is 27.1. The molecule has 0 spiro atoms. The summed E-state index contributed by atoms with van der Waals surface area (Å²) in [7, 11) is 0. The van der Waals surface area contributed by atoms with Gasteiger partial charge in [0.15, 0.2) is 12.4 Å². The molecule has 0 saturated heterocycles. The molecule has 0 atom stereocenters. The van der Waals surface area contributed by atoms with Gasteiger partial charge < -0.3 is 4.74 Å². The molecule has 49 heavy (non-hydrogen) atoms. The lowest BCUT2D eigenvalue weighted by Gasteiger charge is -2.14. The van der Waals surface area contributed by atoms with E-state index in [1.807, 2.05) is 6.07 Å². The molecule has 4 aromatic heterocycles. The van der Waals surface area contributed by atoms with Gasteiger partial charge in [-0.3, -0.25) is 0 Å². The van der Waals surface area contributed by atoms with Crippen LogP contribution in [0.2, 0.25) is 0 Å². The summed E-state index contributed by atoms with van der Waals surface area (Å²) in [4.78, 5) is 14.4. The summed E-state index contributed by atoms with van der Waals surface area (Å²) in [6.45, 7) is 3.02. The highest BCUT2D eigenvalue weighted by Gasteiger charge is 2.43. The van der Waals surface area contributed by atoms with E-state index in [0.717, 1.165) is 66.9 Å². The molecule has 2 aliphatic heterocycles. The summed E-state index contributed by atoms with van der Waals surface area (Å²) in [5.74, 6) is -0.326. The van der Waals surface area contributed by atoms with Crippen LogP contribution >= 0.6 is 0 Å². The van der Waals surface area contributed by atoms with E-state index < -0.39 is 0 Å². The third-order valence-corrected chi connectivity index (χ3v) is 10.3. The largest absolute Gasteiger partial charge is 0.457 e. The Labute approximate surface area is 283 Å². The Hall–Kier alpha value is -6.20. The van der Waals surface area contributed by atoms with E-state index in [4.69, 9.17) is 4.74 Å². The second-order valence-corrected chi connectivity index (χ2v) is 13.1. The molecule has 6 heterocycles. The maximum Gasteiger partial charge on any atom is 0.404 e. The highest BCUT2D eigenvalue weighted by molar-refractivity contribution is 6.13. The van der Waals surface area contributed by atoms with Gasteiger partial charge in [-0.15, -0.1) is 4.57 Å². The van der Waals surface area contributed by atoms with Crippen LogP contribution in [0, 0.1) is 6.92 Å². The number of esters is 1. The molecule has 0 aliphatic carbocycles. The summed E-state index contributed by atoms with van der Waals surface area (Å²) in [5, 5.41) is 4.64. The number of ether oxygens (including phenoxy) is 1. The number of hydrogen-bond donors (Lipinski definition) is 0. The Balaban J connectivity index is 1.44. The van der Waals surface area contributed by atoms with Gasteiger partial charge in [-0.2, -0.15) is 8.97 Å². The fourth-order valence-electron chi connectivity index (χ4n) is 8.02. The van der Waals surface area contributed by atoms with Crippen LogP contribution in [0.5, 0.6) is 0 Å². The molecular weight excluding hydrogens is 603 g/mol. The number of hydrogen-bond acceptors (Lipinski definition) is 2. The molecule has 0 saturated carbocycles. The first-order chi connectivity index (χ1) is 24.1. The van der Waals surface area contributed by atoms with Gasteiger partial charge in [0.2, 0.25) is 23.4 Å². The molecule has 0 fully saturated rings. The highest BCUT2D eigenvalue weighted by Crippen LogP contribution is 2.39. The van der Waals surface area contributed by atoms with E-state index in [0.29, 0.717) is 25.3 Å². The Morgan fingerprint density at radius 1 is 0.653 bits per heavy atom. The van der Waals surface area contributed by atoms with E-state index in [1.54, 1.807) is 0 Å². The average molecular weight is 635 g/mol. The summed E-state index contributed by atoms with van der Waals surface area (Å²) < 4.78 is 13.0. The van der Waals surface area contributed by atoms with E-state index in [2.05, 4.69) is 154 Å². The van der Waals surface area contributed by atoms with Crippen LogP contribution < -0.4 is 13.5 Å². The van der Waals surface area contributed by atoms with Crippen molar-refractivity contribution >= 4 is 33.0 Å². The number of fused-ring (bicyclic) bond motifs is 13. The van der Waals surface area contributed by atoms with Crippen LogP contribution in [0.15, 0.2) is 140 Å². The molecule has 0 radical (unpaired) electrons. The monoisotopic (exact) mass is 634 g/mol. The number of carbonyl (C=O) groups excluding carboxylic acids is 1. The molecule has 5 nitrogen and oxygen atoms in total. The van der Waals surface area contributed by atoms with Crippen molar-refractivity contribution in [3.63, 3.8) is 0 Å². The number of benzene rings is 4. The first-order valence-electron chi connectivity index (χ1n) is 16.9. The Kier molecular flexibility index (Phi) is 6.06. The smallest absolute Gasteiger partial charge is 0.404 e. The second kappa shape index (κ2) is 10.7. The van der Waals surface area contributed by atoms with E-state index in [1.165, 1.54) is 16.3 Å². The molecule has 0 unspecified atom stereocenters. The van der Waals surface area contributed by atoms with Gasteiger partial charge in [0, 0.05) is 42.3 Å². The van der Waals surface area contributed by atoms with Crippen molar-refractivity contribution in [1.29, 1.82) is 0 Å². The van der Waals surface area contributed by atoms with Crippen LogP contribution in [0.4, 0.5) is 0 Å². The number of carbonyl (C=O) groups is 1. The molecule has 4 bridgehead atoms. The second-order valence-electron chi connectivity index (χ2n) is 13.1. The minimum Gasteiger partial charge on any atom is -0.457 e. The number of rotatable bonds is 2. The van der Waals surface area contributed by atoms with Gasteiger partial charge in [0.05, 0.1) is 28.3 Å². The molecular formula is C44H32N3O2+3. The van der Waals surface area contributed by atoms with Crippen LogP contribution in [-0.2, 0) is 17.7 Å². The van der Waals surface area contributed by atoms with Crippen LogP contribution in [0.1, 0.15) is 27.3 Å². The number of aromatic nitrogens is 3. The predicted octanol–water partition coefficient (Wildman–Crippen LogP) is 7.68. The Morgan fingerprint density at radius 3 is 2.35 bits per heavy atom. The van der Waals surface area contributed by atoms with E-state index in [-0.39, 0.29) is 5.97 Å². The van der Waals surface area contributed by atoms with Crippen molar-refractivity contribution in [2.24, 2.45) is 0 Å². The lowest BCUT2D eigenvalue weighted by Crippen LogP contribution is -2.48. The number of nitrogens with zero attached hydrogens (tertiary/aromatic N) is 3. The third-order valence-electron chi connectivity index (χ3n) is 10.3. The van der Waals surface area contributed by atoms with Crippen molar-refractivity contribution < 1.29 is 23.1 Å². The normalized spacial score (nSPS) is 13.4. The molecule has 5 heteroatoms. The molecule has 232 valence electrons. The predicted molar refractivity (Wildman–Crippen MR) is 190 cm³/mol. The first-order valence-corrected chi connectivity index (χ1v) is 16.9. The number of pyridine rings is 4. The van der Waals surface area contributed by atoms with Gasteiger partial charge in [-0.1, -0.05) is 72.3 Å². The molecule has 2 aliphatic rings. The summed E-state index contributed by atoms with van der Waals surface area (Å²) in [6, 6.07) is 45.2. The van der Waals surface area contributed by atoms with Crippen molar-refractivity contribution in [2.75, 3.05) is 6.61 Å². The average Bonchev–Trinajstić information content (AvgIpc) is 3.26. The zero-order chi connectivity index (χ0) is 32.6. The maximum atomic E-state index is 14.4. The van der Waals surface area contributed by atoms with Gasteiger partial charge >= 0.3 is 11.7 Å². The first kappa shape index (κ1) is 27.9. The van der Waals surface area contributed by atoms with Crippen molar-refractivity contribution in [3.05, 3.63) is 162 Å². The molecule has 0 N–H and O–H groups in total. The zero-order valence-corrected chi connectivity index (χ0v) is 27.1. The van der Waals surface area contributed by atoms with Crippen LogP contribution in [-0.4, -0.2) is 12.6 Å². The van der Waals surface area contributed by atoms with Crippen molar-refractivity contribution in [1.82, 2.24) is 0 Å². The number of aryl methyl sites for hydroxylation is 1. The number of cyclic esters (lactones) is 1. The Bertz CT molecular complexity index is 2700. The molecule has 4 aromatic carbocycles. The fraction of sp³-hybridized carbons (Fsp3) is 0.0909. The maximum absolute atomic E-state index is 14.4. The quantitative estimate of drug-likeness (QED) is 0.111. The van der Waals surface area contributed by atoms with E-state index >= 15 is 0 Å². The van der Waals surface area contributed by atoms with Gasteiger partial charge in [0.1, 0.15) is 0 Å². The van der Waals surface area contributed by atoms with Crippen LogP contribution in [0.25, 0.3) is 66.4 Å². The Morgan fingerprint density at radius 2 is 1.43 bits per heavy atom. The topological polar surface area (TPSA) is 38.2 Å². The van der Waals surface area contributed by atoms with Crippen molar-refractivity contribution in [2.45, 2.75) is 19.9 Å². The standard InChI is InChI=1S/C44H32N3O2/c1-28-16-18-29(19-17-28)32-25-38-33-11-4-2-10-31(33)21-24-49-44(48)39(26-32)47(38)43-40-27-45-22-7-6-15-37(45)35-13-8-14-36(41(35)43)42-34-12-5-3-9-30(34)20-23-46(40)42/h2-20,22-23,25-26H,21,24,27H2,1H3/q+3. The lowest BCUT2D eigenvalue weighted by molar-refractivity contribution is -0.699. The summed E-state index contributed by atoms with van der Waals surface area (Å²) in [5.41, 5.74) is 12.5. The van der Waals surface area contributed by atoms with Gasteiger partial charge in [0.25, 0.3) is 11.4 Å². The van der Waals surface area contributed by atoms with Gasteiger partial charge in [-0.25, -0.2) is 4.79 Å². The third kappa shape index (κ3) is 4.18. The molecule has 0 amide bonds. The minimum atomic E-state index is -0.326. The van der Waals surface area contributed by atoms with Crippen molar-refractivity contribution in [3.8, 4) is 39.3 Å². The van der Waals surface area contributed by atoms with E-state index in [9.17, 15) is 4.79 Å². The van der Waals surface area contributed by atoms with Crippen LogP contribution in [0.3, 0.4) is 0 Å². The molecule has 10 rings (SSSR count). The summed E-state index contributed by atoms with van der Waals surface area (Å²) in [6.07, 6.45) is 4.99. The SMILES string of the molecule is Cc1ccc(-c2cc3[n+](-c4c5[n+]6ccc7ccccc7c6c6cccc(c46)-c4cccc[n+]4C5)c(c2)-c2ccccc2CCOC3=O)cc1. The lowest BCUT2D eigenvalue weighted by atomic mass is 9.94. The highest BCUT2D eigenvalue weighted by atomic mass is 16.5. The molecule has 8 aromatic rings. The van der Waals surface area contributed by atoms with Gasteiger partial charge in [-0.05, 0) is 59.3 Å². The summed E-state index contributed by atoms with van der Waals surface area (Å²) >= 11 is 0. The fourth-order valence-corrected chi connectivity index (χ4v) is 8.02. The minimum absolute atomic E-state index is 0.312.